The van der Waals surface area contributed by atoms with Crippen LogP contribution in [0.2, 0.25) is 0 Å². The summed E-state index contributed by atoms with van der Waals surface area (Å²) in [6.07, 6.45) is 2.09. The van der Waals surface area contributed by atoms with Gasteiger partial charge in [0.15, 0.2) is 5.01 Å². The predicted octanol–water partition coefficient (Wildman–Crippen LogP) is 1.71. The fraction of sp³-hybridized carbons (Fsp3) is 0.500. The minimum atomic E-state index is -0.657. The smallest absolute Gasteiger partial charge is 0.151 e. The summed E-state index contributed by atoms with van der Waals surface area (Å²) in [6, 6.07) is 0. The molecular formula is C4H6BrO. The van der Waals surface area contributed by atoms with Crippen molar-refractivity contribution in [3.05, 3.63) is 12.7 Å². The summed E-state index contributed by atoms with van der Waals surface area (Å²) in [5.41, 5.74) is 0. The number of rotatable bonds is 2. The monoisotopic (exact) mass is 149 g/mol. The average Bonchev–Trinajstić information content (AvgIpc) is 1.35. The van der Waals surface area contributed by atoms with E-state index in [0.29, 0.717) is 6.42 Å². The molecule has 0 aliphatic carbocycles. The molecule has 0 aliphatic rings. The topological polar surface area (TPSA) is 19.9 Å². The predicted molar refractivity (Wildman–Crippen MR) is 28.2 cm³/mol. The van der Waals surface area contributed by atoms with Crippen molar-refractivity contribution in [1.82, 2.24) is 0 Å². The summed E-state index contributed by atoms with van der Waals surface area (Å²) >= 11 is 2.81. The van der Waals surface area contributed by atoms with Gasteiger partial charge in [-0.25, -0.2) is 5.11 Å². The van der Waals surface area contributed by atoms with Crippen LogP contribution in [0.25, 0.3) is 0 Å². The lowest BCUT2D eigenvalue weighted by atomic mass is 10.5. The summed E-state index contributed by atoms with van der Waals surface area (Å²) in [5, 5.41) is 9.32. The molecule has 0 amide bonds. The zero-order chi connectivity index (χ0) is 4.99. The Labute approximate surface area is 45.8 Å². The first-order valence-corrected chi connectivity index (χ1v) is 2.59. The van der Waals surface area contributed by atoms with E-state index in [0.717, 1.165) is 0 Å². The number of alkyl halides is 1. The summed E-state index contributed by atoms with van der Waals surface area (Å²) in [5.74, 6) is 0. The highest BCUT2D eigenvalue weighted by atomic mass is 79.9. The molecule has 6 heavy (non-hydrogen) atoms. The van der Waals surface area contributed by atoms with Gasteiger partial charge in [0, 0.05) is 6.42 Å². The van der Waals surface area contributed by atoms with E-state index >= 15 is 0 Å². The average molecular weight is 150 g/mol. The molecule has 35 valence electrons. The van der Waals surface area contributed by atoms with E-state index in [1.54, 1.807) is 6.08 Å². The molecule has 0 aromatic carbocycles. The van der Waals surface area contributed by atoms with Crippen LogP contribution in [0.5, 0.6) is 0 Å². The van der Waals surface area contributed by atoms with Crippen molar-refractivity contribution in [2.24, 2.45) is 0 Å². The van der Waals surface area contributed by atoms with Gasteiger partial charge in [0.2, 0.25) is 0 Å². The molecule has 0 saturated carbocycles. The van der Waals surface area contributed by atoms with Crippen LogP contribution in [0.3, 0.4) is 0 Å². The molecule has 0 heterocycles. The molecule has 0 N–H and O–H groups in total. The Hall–Kier alpha value is 0.180. The van der Waals surface area contributed by atoms with Crippen molar-refractivity contribution in [3.63, 3.8) is 0 Å². The van der Waals surface area contributed by atoms with E-state index in [2.05, 4.69) is 22.5 Å². The quantitative estimate of drug-likeness (QED) is 0.421. The second kappa shape index (κ2) is 3.37. The Balaban J connectivity index is 2.81. The van der Waals surface area contributed by atoms with Crippen LogP contribution in [0.4, 0.5) is 0 Å². The lowest BCUT2D eigenvalue weighted by molar-refractivity contribution is 0.174. The maximum absolute atomic E-state index is 9.97. The van der Waals surface area contributed by atoms with Crippen LogP contribution in [0.1, 0.15) is 6.42 Å². The summed E-state index contributed by atoms with van der Waals surface area (Å²) < 4.78 is 0. The molecule has 0 rings (SSSR count). The van der Waals surface area contributed by atoms with Gasteiger partial charge in [-0.3, -0.25) is 0 Å². The molecule has 1 radical (unpaired) electrons. The summed E-state index contributed by atoms with van der Waals surface area (Å²) in [6.45, 7) is 3.37. The highest BCUT2D eigenvalue weighted by Crippen LogP contribution is 1.99. The third-order valence-electron chi connectivity index (χ3n) is 0.352. The SMILES string of the molecule is C=CCC([O])Br. The molecule has 2 heteroatoms. The van der Waals surface area contributed by atoms with Gasteiger partial charge in [-0.2, -0.15) is 0 Å². The molecule has 0 aliphatic heterocycles. The first kappa shape index (κ1) is 6.18. The van der Waals surface area contributed by atoms with Crippen LogP contribution in [-0.2, 0) is 5.11 Å². The fourth-order valence-electron chi connectivity index (χ4n) is 0.131. The van der Waals surface area contributed by atoms with Gasteiger partial charge >= 0.3 is 0 Å². The number of halogens is 1. The molecule has 0 spiro atoms. The second-order valence-corrected chi connectivity index (χ2v) is 1.96. The van der Waals surface area contributed by atoms with Gasteiger partial charge < -0.3 is 0 Å². The normalized spacial score (nSPS) is 13.7. The molecule has 0 aromatic rings. The Morgan fingerprint density at radius 1 is 2.00 bits per heavy atom. The summed E-state index contributed by atoms with van der Waals surface area (Å²) in [7, 11) is 0. The Morgan fingerprint density at radius 3 is 2.50 bits per heavy atom. The van der Waals surface area contributed by atoms with Gasteiger partial charge in [-0.05, 0) is 0 Å². The molecule has 0 fully saturated rings. The van der Waals surface area contributed by atoms with Gasteiger partial charge in [-0.15, -0.1) is 6.58 Å². The molecule has 0 bridgehead atoms. The first-order valence-electron chi connectivity index (χ1n) is 1.68. The number of hydrogen-bond donors (Lipinski definition) is 0. The first-order chi connectivity index (χ1) is 2.77. The van der Waals surface area contributed by atoms with Crippen molar-refractivity contribution in [2.45, 2.75) is 11.4 Å². The standard InChI is InChI=1S/C4H6BrO/c1-2-3-4(5)6/h2,4H,1,3H2. The van der Waals surface area contributed by atoms with E-state index < -0.39 is 5.01 Å². The van der Waals surface area contributed by atoms with Crippen LogP contribution >= 0.6 is 15.9 Å². The van der Waals surface area contributed by atoms with Crippen LogP contribution < -0.4 is 0 Å². The fourth-order valence-corrected chi connectivity index (χ4v) is 0.395. The zero-order valence-corrected chi connectivity index (χ0v) is 4.94. The third kappa shape index (κ3) is 4.18. The molecule has 1 unspecified atom stereocenters. The summed E-state index contributed by atoms with van der Waals surface area (Å²) in [4.78, 5) is 0. The van der Waals surface area contributed by atoms with Crippen LogP contribution in [0.15, 0.2) is 12.7 Å². The van der Waals surface area contributed by atoms with E-state index in [1.807, 2.05) is 0 Å². The minimum absolute atomic E-state index is 0.500. The zero-order valence-electron chi connectivity index (χ0n) is 3.36. The van der Waals surface area contributed by atoms with Crippen molar-refractivity contribution in [1.29, 1.82) is 0 Å². The molecular weight excluding hydrogens is 144 g/mol. The Kier molecular flexibility index (Phi) is 3.47. The lowest BCUT2D eigenvalue weighted by Crippen LogP contribution is -1.85. The van der Waals surface area contributed by atoms with E-state index in [1.165, 1.54) is 0 Å². The molecule has 1 atom stereocenters. The highest BCUT2D eigenvalue weighted by Gasteiger charge is 1.90. The maximum Gasteiger partial charge on any atom is 0.151 e. The molecule has 0 saturated heterocycles. The van der Waals surface area contributed by atoms with Gasteiger partial charge in [0.05, 0.1) is 0 Å². The van der Waals surface area contributed by atoms with Crippen LogP contribution in [-0.4, -0.2) is 5.01 Å². The number of hydrogen-bond acceptors (Lipinski definition) is 0. The lowest BCUT2D eigenvalue weighted by Gasteiger charge is -1.86. The Morgan fingerprint density at radius 2 is 2.50 bits per heavy atom. The largest absolute Gasteiger partial charge is 0.220 e. The van der Waals surface area contributed by atoms with Crippen molar-refractivity contribution in [3.8, 4) is 0 Å². The van der Waals surface area contributed by atoms with E-state index in [-0.39, 0.29) is 0 Å². The Bertz CT molecular complexity index is 42.8. The highest BCUT2D eigenvalue weighted by molar-refractivity contribution is 9.09. The van der Waals surface area contributed by atoms with E-state index in [9.17, 15) is 5.11 Å². The van der Waals surface area contributed by atoms with Gasteiger partial charge in [0.25, 0.3) is 0 Å². The van der Waals surface area contributed by atoms with Gasteiger partial charge in [-0.1, -0.05) is 22.0 Å². The van der Waals surface area contributed by atoms with Crippen molar-refractivity contribution >= 4 is 15.9 Å². The van der Waals surface area contributed by atoms with E-state index in [4.69, 9.17) is 0 Å². The molecule has 0 aromatic heterocycles. The third-order valence-corrected chi connectivity index (χ3v) is 0.726. The van der Waals surface area contributed by atoms with Crippen LogP contribution in [0, 0.1) is 0 Å². The maximum atomic E-state index is 9.97. The van der Waals surface area contributed by atoms with Crippen molar-refractivity contribution < 1.29 is 5.11 Å². The minimum Gasteiger partial charge on any atom is -0.220 e. The van der Waals surface area contributed by atoms with Gasteiger partial charge in [0.1, 0.15) is 0 Å². The molecule has 1 nitrogen and oxygen atoms in total. The second-order valence-electron chi connectivity index (χ2n) is 0.934. The van der Waals surface area contributed by atoms with Crippen molar-refractivity contribution in [2.75, 3.05) is 0 Å².